The molecule has 1 aliphatic heterocycles. The summed E-state index contributed by atoms with van der Waals surface area (Å²) in [5.74, 6) is 0.0621. The Bertz CT molecular complexity index is 479. The predicted molar refractivity (Wildman–Crippen MR) is 77.8 cm³/mol. The Balaban J connectivity index is 2.33. The van der Waals surface area contributed by atoms with E-state index in [9.17, 15) is 4.79 Å². The summed E-state index contributed by atoms with van der Waals surface area (Å²) in [4.78, 5) is 14.7. The molecule has 1 fully saturated rings. The van der Waals surface area contributed by atoms with Crippen LogP contribution < -0.4 is 5.32 Å². The molecule has 1 aliphatic rings. The van der Waals surface area contributed by atoms with Gasteiger partial charge in [-0.2, -0.15) is 0 Å². The molecule has 0 unspecified atom stereocenters. The van der Waals surface area contributed by atoms with Crippen LogP contribution in [0.25, 0.3) is 0 Å². The van der Waals surface area contributed by atoms with Crippen LogP contribution in [0.2, 0.25) is 5.02 Å². The molecule has 2 rings (SSSR count). The highest BCUT2D eigenvalue weighted by atomic mass is 35.5. The van der Waals surface area contributed by atoms with E-state index in [2.05, 4.69) is 33.0 Å². The first-order chi connectivity index (χ1) is 8.83. The molecular weight excluding hydrogens is 262 g/mol. The van der Waals surface area contributed by atoms with E-state index < -0.39 is 0 Å². The number of amides is 1. The Morgan fingerprint density at radius 3 is 2.74 bits per heavy atom. The van der Waals surface area contributed by atoms with E-state index in [1.807, 2.05) is 15.7 Å². The van der Waals surface area contributed by atoms with Crippen molar-refractivity contribution in [1.82, 2.24) is 14.8 Å². The Labute approximate surface area is 119 Å². The number of carbonyl (C=O) groups is 1. The lowest BCUT2D eigenvalue weighted by Crippen LogP contribution is -2.60. The van der Waals surface area contributed by atoms with Crippen molar-refractivity contribution < 1.29 is 4.79 Å². The highest BCUT2D eigenvalue weighted by Crippen LogP contribution is 2.24. The number of nitrogens with one attached hydrogen (secondary N) is 1. The van der Waals surface area contributed by atoms with Crippen LogP contribution >= 0.6 is 11.6 Å². The zero-order chi connectivity index (χ0) is 14.2. The molecule has 1 saturated heterocycles. The van der Waals surface area contributed by atoms with Crippen molar-refractivity contribution in [2.45, 2.75) is 39.3 Å². The van der Waals surface area contributed by atoms with Gasteiger partial charge in [0.05, 0.1) is 10.6 Å². The van der Waals surface area contributed by atoms with Crippen LogP contribution in [0.5, 0.6) is 0 Å². The van der Waals surface area contributed by atoms with Crippen LogP contribution in [-0.4, -0.2) is 40.5 Å². The van der Waals surface area contributed by atoms with Crippen molar-refractivity contribution in [2.75, 3.05) is 19.6 Å². The largest absolute Gasteiger partial charge is 0.339 e. The second-order valence-corrected chi connectivity index (χ2v) is 6.43. The normalized spacial score (nSPS) is 18.9. The van der Waals surface area contributed by atoms with Gasteiger partial charge in [0.15, 0.2) is 0 Å². The molecule has 2 heterocycles. The van der Waals surface area contributed by atoms with Gasteiger partial charge in [-0.1, -0.05) is 11.6 Å². The van der Waals surface area contributed by atoms with Gasteiger partial charge in [-0.05, 0) is 33.8 Å². The third-order valence-corrected chi connectivity index (χ3v) is 3.84. The first kappa shape index (κ1) is 14.4. The van der Waals surface area contributed by atoms with Gasteiger partial charge in [0.25, 0.3) is 5.91 Å². The molecule has 0 atom stereocenters. The molecule has 1 N–H and O–H groups in total. The van der Waals surface area contributed by atoms with E-state index in [1.165, 1.54) is 0 Å². The van der Waals surface area contributed by atoms with E-state index >= 15 is 0 Å². The minimum Gasteiger partial charge on any atom is -0.339 e. The van der Waals surface area contributed by atoms with Crippen LogP contribution in [0.3, 0.4) is 0 Å². The Morgan fingerprint density at radius 1 is 1.47 bits per heavy atom. The fraction of sp³-hybridized carbons (Fsp3) is 0.643. The Morgan fingerprint density at radius 2 is 2.16 bits per heavy atom. The summed E-state index contributed by atoms with van der Waals surface area (Å²) in [5.41, 5.74) is 0.503. The van der Waals surface area contributed by atoms with Gasteiger partial charge in [-0.3, -0.25) is 4.79 Å². The zero-order valence-corrected chi connectivity index (χ0v) is 12.8. The van der Waals surface area contributed by atoms with Crippen LogP contribution in [0.1, 0.15) is 44.2 Å². The quantitative estimate of drug-likeness (QED) is 0.906. The fourth-order valence-electron chi connectivity index (χ4n) is 2.54. The molecule has 19 heavy (non-hydrogen) atoms. The molecule has 4 nitrogen and oxygen atoms in total. The maximum atomic E-state index is 12.8. The van der Waals surface area contributed by atoms with Crippen LogP contribution in [-0.2, 0) is 0 Å². The SMILES string of the molecule is CC(C)n1cc(Cl)cc1C(=O)N1CCNCC1(C)C. The number of halogens is 1. The van der Waals surface area contributed by atoms with Crippen molar-refractivity contribution in [3.8, 4) is 0 Å². The highest BCUT2D eigenvalue weighted by Gasteiger charge is 2.35. The monoisotopic (exact) mass is 283 g/mol. The average Bonchev–Trinajstić information content (AvgIpc) is 2.70. The molecule has 0 saturated carbocycles. The molecule has 106 valence electrons. The number of carbonyl (C=O) groups excluding carboxylic acids is 1. The summed E-state index contributed by atoms with van der Waals surface area (Å²) in [6.07, 6.45) is 1.83. The maximum absolute atomic E-state index is 12.8. The number of hydrogen-bond donors (Lipinski definition) is 1. The zero-order valence-electron chi connectivity index (χ0n) is 12.0. The number of piperazine rings is 1. The number of hydrogen-bond acceptors (Lipinski definition) is 2. The minimum absolute atomic E-state index is 0.0621. The van der Waals surface area contributed by atoms with Gasteiger partial charge in [-0.15, -0.1) is 0 Å². The van der Waals surface area contributed by atoms with Gasteiger partial charge < -0.3 is 14.8 Å². The third kappa shape index (κ3) is 2.79. The fourth-order valence-corrected chi connectivity index (χ4v) is 2.75. The lowest BCUT2D eigenvalue weighted by molar-refractivity contribution is 0.0465. The van der Waals surface area contributed by atoms with Gasteiger partial charge >= 0.3 is 0 Å². The van der Waals surface area contributed by atoms with E-state index in [1.54, 1.807) is 6.07 Å². The molecule has 0 radical (unpaired) electrons. The topological polar surface area (TPSA) is 37.3 Å². The van der Waals surface area contributed by atoms with E-state index in [0.29, 0.717) is 10.7 Å². The van der Waals surface area contributed by atoms with Crippen molar-refractivity contribution in [1.29, 1.82) is 0 Å². The number of nitrogens with zero attached hydrogens (tertiary/aromatic N) is 2. The van der Waals surface area contributed by atoms with Crippen LogP contribution in [0.4, 0.5) is 0 Å². The molecule has 1 aromatic rings. The predicted octanol–water partition coefficient (Wildman–Crippen LogP) is 2.55. The van der Waals surface area contributed by atoms with E-state index in [0.717, 1.165) is 19.6 Å². The second-order valence-electron chi connectivity index (χ2n) is 5.99. The van der Waals surface area contributed by atoms with Gasteiger partial charge in [-0.25, -0.2) is 0 Å². The summed E-state index contributed by atoms with van der Waals surface area (Å²) in [5, 5.41) is 3.94. The first-order valence-electron chi connectivity index (χ1n) is 6.73. The summed E-state index contributed by atoms with van der Waals surface area (Å²) in [6.45, 7) is 10.7. The Hall–Kier alpha value is -1.00. The molecule has 0 spiro atoms. The standard InChI is InChI=1S/C14H22ClN3O/c1-10(2)17-8-11(15)7-12(17)13(19)18-6-5-16-9-14(18,3)4/h7-8,10,16H,5-6,9H2,1-4H3. The van der Waals surface area contributed by atoms with Crippen molar-refractivity contribution in [3.05, 3.63) is 23.0 Å². The minimum atomic E-state index is -0.173. The number of aromatic nitrogens is 1. The highest BCUT2D eigenvalue weighted by molar-refractivity contribution is 6.31. The first-order valence-corrected chi connectivity index (χ1v) is 7.11. The molecule has 0 aliphatic carbocycles. The summed E-state index contributed by atoms with van der Waals surface area (Å²) < 4.78 is 1.95. The maximum Gasteiger partial charge on any atom is 0.271 e. The average molecular weight is 284 g/mol. The number of rotatable bonds is 2. The smallest absolute Gasteiger partial charge is 0.271 e. The molecule has 1 amide bonds. The second kappa shape index (κ2) is 5.17. The van der Waals surface area contributed by atoms with Crippen LogP contribution in [0, 0.1) is 0 Å². The van der Waals surface area contributed by atoms with Crippen molar-refractivity contribution >= 4 is 17.5 Å². The third-order valence-electron chi connectivity index (χ3n) is 3.64. The van der Waals surface area contributed by atoms with Gasteiger partial charge in [0.2, 0.25) is 0 Å². The van der Waals surface area contributed by atoms with Crippen LogP contribution in [0.15, 0.2) is 12.3 Å². The van der Waals surface area contributed by atoms with Crippen molar-refractivity contribution in [3.63, 3.8) is 0 Å². The summed E-state index contributed by atoms with van der Waals surface area (Å²) in [6, 6.07) is 1.99. The molecule has 0 aromatic carbocycles. The van der Waals surface area contributed by atoms with Gasteiger partial charge in [0.1, 0.15) is 5.69 Å². The van der Waals surface area contributed by atoms with Gasteiger partial charge in [0, 0.05) is 31.9 Å². The summed E-state index contributed by atoms with van der Waals surface area (Å²) in [7, 11) is 0. The molecule has 5 heteroatoms. The lowest BCUT2D eigenvalue weighted by Gasteiger charge is -2.43. The molecule has 0 bridgehead atoms. The van der Waals surface area contributed by atoms with E-state index in [4.69, 9.17) is 11.6 Å². The lowest BCUT2D eigenvalue weighted by atomic mass is 9.99. The Kier molecular flexibility index (Phi) is 3.92. The summed E-state index contributed by atoms with van der Waals surface area (Å²) >= 11 is 6.06. The van der Waals surface area contributed by atoms with E-state index in [-0.39, 0.29) is 17.5 Å². The van der Waals surface area contributed by atoms with Crippen molar-refractivity contribution in [2.24, 2.45) is 0 Å². The molecule has 1 aromatic heterocycles. The molecular formula is C14H22ClN3O.